The van der Waals surface area contributed by atoms with Crippen molar-refractivity contribution < 1.29 is 0 Å². The second kappa shape index (κ2) is 13.8. The fraction of sp³-hybridized carbons (Fsp3) is 0.226. The van der Waals surface area contributed by atoms with Gasteiger partial charge >= 0.3 is 0 Å². The Morgan fingerprint density at radius 3 is 1.54 bits per heavy atom. The molecule has 0 aliphatic heterocycles. The molecule has 0 aromatic heterocycles. The van der Waals surface area contributed by atoms with Gasteiger partial charge in [-0.05, 0) is 142 Å². The van der Waals surface area contributed by atoms with Crippen LogP contribution in [0.5, 0.6) is 0 Å². The summed E-state index contributed by atoms with van der Waals surface area (Å²) in [5, 5.41) is 0. The molecule has 0 saturated carbocycles. The summed E-state index contributed by atoms with van der Waals surface area (Å²) in [5.41, 5.74) is 25.5. The van der Waals surface area contributed by atoms with Crippen molar-refractivity contribution in [1.29, 1.82) is 0 Å². The van der Waals surface area contributed by atoms with Crippen molar-refractivity contribution in [2.45, 2.75) is 90.4 Å². The number of rotatable bonds is 5. The predicted octanol–water partition coefficient (Wildman–Crippen LogP) is 16.6. The van der Waals surface area contributed by atoms with Crippen LogP contribution in [0.1, 0.15) is 112 Å². The van der Waals surface area contributed by atoms with E-state index in [1.54, 1.807) is 0 Å². The Morgan fingerprint density at radius 2 is 0.921 bits per heavy atom. The van der Waals surface area contributed by atoms with Gasteiger partial charge in [0.25, 0.3) is 0 Å². The number of nitrogens with zero attached hydrogens (tertiary/aromatic N) is 1. The van der Waals surface area contributed by atoms with Crippen LogP contribution < -0.4 is 4.90 Å². The maximum absolute atomic E-state index is 2.57. The Labute approximate surface area is 375 Å². The van der Waals surface area contributed by atoms with E-state index in [0.29, 0.717) is 0 Å². The average molecular weight is 816 g/mol. The van der Waals surface area contributed by atoms with Crippen LogP contribution in [0.4, 0.5) is 17.1 Å². The molecule has 310 valence electrons. The average Bonchev–Trinajstić information content (AvgIpc) is 3.84. The molecule has 0 fully saturated rings. The molecule has 3 aliphatic rings. The number of benzene rings is 8. The molecule has 3 aliphatic carbocycles. The summed E-state index contributed by atoms with van der Waals surface area (Å²) in [6, 6.07) is 65.6. The predicted molar refractivity (Wildman–Crippen MR) is 267 cm³/mol. The van der Waals surface area contributed by atoms with Crippen LogP contribution in [0.3, 0.4) is 0 Å². The van der Waals surface area contributed by atoms with Crippen molar-refractivity contribution in [3.8, 4) is 44.5 Å². The van der Waals surface area contributed by atoms with E-state index < -0.39 is 5.41 Å². The van der Waals surface area contributed by atoms with Crippen LogP contribution in [0.15, 0.2) is 170 Å². The molecular formula is C62H57N. The van der Waals surface area contributed by atoms with Crippen LogP contribution in [0.25, 0.3) is 44.5 Å². The van der Waals surface area contributed by atoms with E-state index in [0.717, 1.165) is 17.8 Å². The highest BCUT2D eigenvalue weighted by Crippen LogP contribution is 2.64. The Kier molecular flexibility index (Phi) is 8.62. The summed E-state index contributed by atoms with van der Waals surface area (Å²) in [5.74, 6) is 0. The number of hydrogen-bond donors (Lipinski definition) is 0. The Bertz CT molecular complexity index is 3080. The van der Waals surface area contributed by atoms with Gasteiger partial charge in [-0.25, -0.2) is 0 Å². The Hall–Kier alpha value is -6.44. The second-order valence-corrected chi connectivity index (χ2v) is 20.9. The summed E-state index contributed by atoms with van der Waals surface area (Å²) < 4.78 is 0. The zero-order valence-corrected chi connectivity index (χ0v) is 38.3. The third kappa shape index (κ3) is 5.75. The van der Waals surface area contributed by atoms with Crippen molar-refractivity contribution in [3.05, 3.63) is 220 Å². The lowest BCUT2D eigenvalue weighted by Crippen LogP contribution is -2.28. The molecule has 0 saturated heterocycles. The molecule has 1 heteroatoms. The lowest BCUT2D eigenvalue weighted by atomic mass is 9.68. The largest absolute Gasteiger partial charge is 0.310 e. The molecule has 8 aromatic carbocycles. The third-order valence-corrected chi connectivity index (χ3v) is 14.8. The van der Waals surface area contributed by atoms with Crippen LogP contribution >= 0.6 is 0 Å². The molecule has 0 N–H and O–H groups in total. The molecule has 0 atom stereocenters. The smallest absolute Gasteiger partial charge is 0.0726 e. The van der Waals surface area contributed by atoms with E-state index in [-0.39, 0.29) is 16.2 Å². The summed E-state index contributed by atoms with van der Waals surface area (Å²) in [4.78, 5) is 2.57. The SMILES string of the molecule is CCc1ccc(-c2cccc(N(c3ccc4c(c3)C3(c5ccccc5-4)c4cc(C(C)(C)C)ccc4-c4ccc(C(C)(C)C)cc43)c3cccc4c3C(C)(C)c3ccccc3-4)c2)cc1. The molecule has 0 bridgehead atoms. The van der Waals surface area contributed by atoms with E-state index in [9.17, 15) is 0 Å². The topological polar surface area (TPSA) is 3.24 Å². The molecule has 63 heavy (non-hydrogen) atoms. The van der Waals surface area contributed by atoms with E-state index in [4.69, 9.17) is 0 Å². The quantitative estimate of drug-likeness (QED) is 0.167. The highest BCUT2D eigenvalue weighted by Gasteiger charge is 2.52. The molecule has 0 radical (unpaired) electrons. The maximum atomic E-state index is 2.57. The number of fused-ring (bicyclic) bond motifs is 13. The molecule has 1 spiro atoms. The molecule has 8 aromatic rings. The molecule has 1 nitrogen and oxygen atoms in total. The number of aryl methyl sites for hydroxylation is 1. The summed E-state index contributed by atoms with van der Waals surface area (Å²) in [7, 11) is 0. The van der Waals surface area contributed by atoms with Gasteiger partial charge in [0.1, 0.15) is 0 Å². The zero-order chi connectivity index (χ0) is 43.6. The standard InChI is InChI=1S/C62H57N/c1-10-39-25-27-40(28-26-39)41-17-15-18-44(35-41)63(57-24-16-21-51-47-20-11-13-22-52(47)61(8,9)58(51)57)45-31-34-50-46-19-12-14-23-53(46)62(56(50)38-45)54-36-42(59(2,3)4)29-32-48(54)49-33-30-43(37-55(49)62)60(5,6)7/h11-38H,10H2,1-9H3. The highest BCUT2D eigenvalue weighted by atomic mass is 15.1. The van der Waals surface area contributed by atoms with Gasteiger partial charge in [0.15, 0.2) is 0 Å². The zero-order valence-electron chi connectivity index (χ0n) is 38.3. The highest BCUT2D eigenvalue weighted by molar-refractivity contribution is 5.98. The van der Waals surface area contributed by atoms with E-state index in [2.05, 4.69) is 237 Å². The van der Waals surface area contributed by atoms with Gasteiger partial charge in [-0.15, -0.1) is 0 Å². The van der Waals surface area contributed by atoms with Crippen LogP contribution in [0, 0.1) is 0 Å². The molecule has 0 unspecified atom stereocenters. The van der Waals surface area contributed by atoms with E-state index >= 15 is 0 Å². The summed E-state index contributed by atoms with van der Waals surface area (Å²) >= 11 is 0. The van der Waals surface area contributed by atoms with Crippen molar-refractivity contribution >= 4 is 17.1 Å². The molecule has 11 rings (SSSR count). The fourth-order valence-corrected chi connectivity index (χ4v) is 11.4. The first-order valence-corrected chi connectivity index (χ1v) is 23.0. The minimum Gasteiger partial charge on any atom is -0.310 e. The first-order valence-electron chi connectivity index (χ1n) is 23.0. The maximum Gasteiger partial charge on any atom is 0.0726 e. The van der Waals surface area contributed by atoms with Gasteiger partial charge in [0.2, 0.25) is 0 Å². The van der Waals surface area contributed by atoms with Gasteiger partial charge in [-0.1, -0.05) is 202 Å². The molecule has 0 heterocycles. The van der Waals surface area contributed by atoms with Gasteiger partial charge < -0.3 is 4.90 Å². The van der Waals surface area contributed by atoms with Gasteiger partial charge in [0.05, 0.1) is 11.1 Å². The summed E-state index contributed by atoms with van der Waals surface area (Å²) in [6.45, 7) is 21.1. The Morgan fingerprint density at radius 1 is 0.413 bits per heavy atom. The minimum atomic E-state index is -0.502. The van der Waals surface area contributed by atoms with Crippen LogP contribution in [-0.2, 0) is 28.1 Å². The fourth-order valence-electron chi connectivity index (χ4n) is 11.4. The summed E-state index contributed by atoms with van der Waals surface area (Å²) in [6.07, 6.45) is 1.03. The minimum absolute atomic E-state index is 0.0128. The van der Waals surface area contributed by atoms with Gasteiger partial charge in [-0.2, -0.15) is 0 Å². The van der Waals surface area contributed by atoms with Crippen molar-refractivity contribution in [1.82, 2.24) is 0 Å². The third-order valence-electron chi connectivity index (χ3n) is 14.8. The number of anilines is 3. The van der Waals surface area contributed by atoms with Crippen LogP contribution in [0.2, 0.25) is 0 Å². The molecule has 0 amide bonds. The lowest BCUT2D eigenvalue weighted by molar-refractivity contribution is 0.586. The number of hydrogen-bond acceptors (Lipinski definition) is 1. The van der Waals surface area contributed by atoms with Crippen molar-refractivity contribution in [3.63, 3.8) is 0 Å². The first-order chi connectivity index (χ1) is 30.2. The normalized spacial score (nSPS) is 14.7. The molecular weight excluding hydrogens is 759 g/mol. The van der Waals surface area contributed by atoms with E-state index in [1.165, 1.54) is 100 Å². The van der Waals surface area contributed by atoms with Crippen LogP contribution in [-0.4, -0.2) is 0 Å². The van der Waals surface area contributed by atoms with Gasteiger partial charge in [0, 0.05) is 16.8 Å². The van der Waals surface area contributed by atoms with E-state index in [1.807, 2.05) is 0 Å². The lowest BCUT2D eigenvalue weighted by Gasteiger charge is -2.35. The van der Waals surface area contributed by atoms with Crippen molar-refractivity contribution in [2.24, 2.45) is 0 Å². The van der Waals surface area contributed by atoms with Gasteiger partial charge in [-0.3, -0.25) is 0 Å². The van der Waals surface area contributed by atoms with Crippen molar-refractivity contribution in [2.75, 3.05) is 4.90 Å². The Balaban J connectivity index is 1.22. The second-order valence-electron chi connectivity index (χ2n) is 20.9. The first kappa shape index (κ1) is 39.4. The monoisotopic (exact) mass is 815 g/mol.